The number of rotatable bonds is 8. The highest BCUT2D eigenvalue weighted by Gasteiger charge is 2.35. The molecular formula is C14H24N2O2S. The molecule has 4 nitrogen and oxygen atoms in total. The van der Waals surface area contributed by atoms with Crippen LogP contribution in [0.5, 0.6) is 0 Å². The molecule has 1 heterocycles. The van der Waals surface area contributed by atoms with Crippen molar-refractivity contribution in [3.63, 3.8) is 0 Å². The SMILES string of the molecule is COCc1nc(C(OC)C2CC2)sc1CNC(C)C. The number of hydrogen-bond acceptors (Lipinski definition) is 5. The molecular weight excluding hydrogens is 260 g/mol. The van der Waals surface area contributed by atoms with Gasteiger partial charge in [-0.05, 0) is 18.8 Å². The highest BCUT2D eigenvalue weighted by molar-refractivity contribution is 7.11. The highest BCUT2D eigenvalue weighted by Crippen LogP contribution is 2.44. The Morgan fingerprint density at radius 1 is 1.37 bits per heavy atom. The second-order valence-corrected chi connectivity index (χ2v) is 6.50. The number of nitrogens with one attached hydrogen (secondary N) is 1. The lowest BCUT2D eigenvalue weighted by atomic mass is 10.2. The van der Waals surface area contributed by atoms with E-state index in [9.17, 15) is 0 Å². The van der Waals surface area contributed by atoms with Crippen LogP contribution in [-0.2, 0) is 22.6 Å². The van der Waals surface area contributed by atoms with E-state index in [0.29, 0.717) is 18.6 Å². The third-order valence-electron chi connectivity index (χ3n) is 3.29. The Morgan fingerprint density at radius 3 is 2.63 bits per heavy atom. The molecule has 1 saturated carbocycles. The lowest BCUT2D eigenvalue weighted by Crippen LogP contribution is -2.21. The van der Waals surface area contributed by atoms with Gasteiger partial charge in [0.25, 0.3) is 0 Å². The summed E-state index contributed by atoms with van der Waals surface area (Å²) in [5.41, 5.74) is 1.05. The lowest BCUT2D eigenvalue weighted by Gasteiger charge is -2.10. The monoisotopic (exact) mass is 284 g/mol. The molecule has 1 aliphatic rings. The second-order valence-electron chi connectivity index (χ2n) is 5.38. The van der Waals surface area contributed by atoms with Crippen LogP contribution in [0.15, 0.2) is 0 Å². The molecule has 19 heavy (non-hydrogen) atoms. The summed E-state index contributed by atoms with van der Waals surface area (Å²) in [6, 6.07) is 0.475. The number of hydrogen-bond donors (Lipinski definition) is 1. The summed E-state index contributed by atoms with van der Waals surface area (Å²) >= 11 is 1.76. The molecule has 0 amide bonds. The zero-order chi connectivity index (χ0) is 13.8. The van der Waals surface area contributed by atoms with E-state index in [1.807, 2.05) is 0 Å². The predicted molar refractivity (Wildman–Crippen MR) is 77.3 cm³/mol. The predicted octanol–water partition coefficient (Wildman–Crippen LogP) is 2.89. The van der Waals surface area contributed by atoms with Gasteiger partial charge in [-0.1, -0.05) is 13.8 Å². The van der Waals surface area contributed by atoms with Crippen LogP contribution >= 0.6 is 11.3 Å². The van der Waals surface area contributed by atoms with Crippen molar-refractivity contribution in [2.75, 3.05) is 14.2 Å². The van der Waals surface area contributed by atoms with E-state index in [2.05, 4.69) is 19.2 Å². The molecule has 0 aliphatic heterocycles. The minimum atomic E-state index is 0.174. The third-order valence-corrected chi connectivity index (χ3v) is 4.45. The molecule has 0 radical (unpaired) electrons. The first-order chi connectivity index (χ1) is 9.15. The Bertz CT molecular complexity index is 402. The highest BCUT2D eigenvalue weighted by atomic mass is 32.1. The van der Waals surface area contributed by atoms with Gasteiger partial charge in [0.2, 0.25) is 0 Å². The van der Waals surface area contributed by atoms with Crippen LogP contribution in [0.25, 0.3) is 0 Å². The largest absolute Gasteiger partial charge is 0.378 e. The van der Waals surface area contributed by atoms with Gasteiger partial charge in [0.15, 0.2) is 0 Å². The van der Waals surface area contributed by atoms with E-state index in [1.165, 1.54) is 17.7 Å². The van der Waals surface area contributed by atoms with E-state index >= 15 is 0 Å². The topological polar surface area (TPSA) is 43.4 Å². The van der Waals surface area contributed by atoms with E-state index in [4.69, 9.17) is 14.5 Å². The Kier molecular flexibility index (Phi) is 5.33. The molecule has 1 atom stereocenters. The average Bonchev–Trinajstić information content (AvgIpc) is 3.11. The lowest BCUT2D eigenvalue weighted by molar-refractivity contribution is 0.0839. The first kappa shape index (κ1) is 14.9. The summed E-state index contributed by atoms with van der Waals surface area (Å²) in [4.78, 5) is 6.01. The molecule has 1 aromatic rings. The van der Waals surface area contributed by atoms with Gasteiger partial charge in [-0.2, -0.15) is 0 Å². The van der Waals surface area contributed by atoms with Crippen LogP contribution in [0.3, 0.4) is 0 Å². The van der Waals surface area contributed by atoms with Crippen LogP contribution in [0.4, 0.5) is 0 Å². The molecule has 1 aliphatic carbocycles. The third kappa shape index (κ3) is 3.99. The fourth-order valence-corrected chi connectivity index (χ4v) is 3.29. The summed E-state index contributed by atoms with van der Waals surface area (Å²) in [6.07, 6.45) is 2.70. The molecule has 2 rings (SSSR count). The summed E-state index contributed by atoms with van der Waals surface area (Å²) < 4.78 is 10.9. The Morgan fingerprint density at radius 2 is 2.11 bits per heavy atom. The normalized spacial score (nSPS) is 17.1. The number of ether oxygens (including phenoxy) is 2. The van der Waals surface area contributed by atoms with Crippen molar-refractivity contribution in [3.05, 3.63) is 15.6 Å². The van der Waals surface area contributed by atoms with Crippen molar-refractivity contribution in [3.8, 4) is 0 Å². The maximum atomic E-state index is 5.62. The molecule has 0 saturated heterocycles. The van der Waals surface area contributed by atoms with E-state index in [1.54, 1.807) is 25.6 Å². The van der Waals surface area contributed by atoms with Crippen molar-refractivity contribution in [1.82, 2.24) is 10.3 Å². The van der Waals surface area contributed by atoms with Gasteiger partial charge in [0, 0.05) is 31.7 Å². The maximum Gasteiger partial charge on any atom is 0.122 e. The molecule has 1 fully saturated rings. The van der Waals surface area contributed by atoms with Gasteiger partial charge < -0.3 is 14.8 Å². The molecule has 0 bridgehead atoms. The van der Waals surface area contributed by atoms with Gasteiger partial charge in [-0.3, -0.25) is 0 Å². The first-order valence-corrected chi connectivity index (χ1v) is 7.71. The van der Waals surface area contributed by atoms with Gasteiger partial charge in [0.05, 0.1) is 12.3 Å². The van der Waals surface area contributed by atoms with Gasteiger partial charge in [-0.15, -0.1) is 11.3 Å². The van der Waals surface area contributed by atoms with E-state index < -0.39 is 0 Å². The van der Waals surface area contributed by atoms with Gasteiger partial charge in [0.1, 0.15) is 11.1 Å². The molecule has 1 unspecified atom stereocenters. The molecule has 0 spiro atoms. The van der Waals surface area contributed by atoms with Crippen molar-refractivity contribution in [2.24, 2.45) is 5.92 Å². The minimum absolute atomic E-state index is 0.174. The maximum absolute atomic E-state index is 5.62. The number of nitrogens with zero attached hydrogens (tertiary/aromatic N) is 1. The van der Waals surface area contributed by atoms with E-state index in [0.717, 1.165) is 17.2 Å². The zero-order valence-electron chi connectivity index (χ0n) is 12.2. The average molecular weight is 284 g/mol. The van der Waals surface area contributed by atoms with Crippen LogP contribution in [0, 0.1) is 5.92 Å². The Labute approximate surface area is 119 Å². The van der Waals surface area contributed by atoms with Crippen molar-refractivity contribution >= 4 is 11.3 Å². The minimum Gasteiger partial charge on any atom is -0.378 e. The number of aromatic nitrogens is 1. The van der Waals surface area contributed by atoms with Gasteiger partial charge in [-0.25, -0.2) is 4.98 Å². The van der Waals surface area contributed by atoms with Crippen LogP contribution in [0.2, 0.25) is 0 Å². The molecule has 0 aromatic carbocycles. The summed E-state index contributed by atoms with van der Waals surface area (Å²) in [6.45, 7) is 5.74. The summed E-state index contributed by atoms with van der Waals surface area (Å²) in [5.74, 6) is 0.664. The van der Waals surface area contributed by atoms with Crippen LogP contribution in [0.1, 0.15) is 48.4 Å². The van der Waals surface area contributed by atoms with Crippen molar-refractivity contribution in [2.45, 2.75) is 52.0 Å². The standard InChI is InChI=1S/C14H24N2O2S/c1-9(2)15-7-12-11(8-17-3)16-14(19-12)13(18-4)10-5-6-10/h9-10,13,15H,5-8H2,1-4H3. The van der Waals surface area contributed by atoms with Crippen molar-refractivity contribution in [1.29, 1.82) is 0 Å². The molecule has 1 N–H and O–H groups in total. The van der Waals surface area contributed by atoms with Crippen LogP contribution < -0.4 is 5.32 Å². The first-order valence-electron chi connectivity index (χ1n) is 6.89. The number of methoxy groups -OCH3 is 2. The Balaban J connectivity index is 2.13. The summed E-state index contributed by atoms with van der Waals surface area (Å²) in [5, 5.41) is 4.56. The second kappa shape index (κ2) is 6.79. The fraction of sp³-hybridized carbons (Fsp3) is 0.786. The smallest absolute Gasteiger partial charge is 0.122 e. The zero-order valence-corrected chi connectivity index (χ0v) is 13.0. The number of thiazole rings is 1. The van der Waals surface area contributed by atoms with Crippen molar-refractivity contribution < 1.29 is 9.47 Å². The van der Waals surface area contributed by atoms with E-state index in [-0.39, 0.29) is 6.10 Å². The molecule has 5 heteroatoms. The molecule has 1 aromatic heterocycles. The Hall–Kier alpha value is -0.490. The van der Waals surface area contributed by atoms with Crippen LogP contribution in [-0.4, -0.2) is 25.2 Å². The fourth-order valence-electron chi connectivity index (χ4n) is 2.10. The summed E-state index contributed by atoms with van der Waals surface area (Å²) in [7, 11) is 3.50. The quantitative estimate of drug-likeness (QED) is 0.797. The van der Waals surface area contributed by atoms with Gasteiger partial charge >= 0.3 is 0 Å². The molecule has 108 valence electrons.